The van der Waals surface area contributed by atoms with Gasteiger partial charge in [-0.15, -0.1) is 0 Å². The summed E-state index contributed by atoms with van der Waals surface area (Å²) in [6.45, 7) is 0. The molecule has 0 atom stereocenters. The van der Waals surface area contributed by atoms with Crippen LogP contribution in [-0.2, 0) is 9.24 Å². The van der Waals surface area contributed by atoms with Gasteiger partial charge in [-0.05, 0) is 10.7 Å². The highest BCUT2D eigenvalue weighted by Gasteiger charge is 1.70. The summed E-state index contributed by atoms with van der Waals surface area (Å²) in [7, 11) is 0.225. The van der Waals surface area contributed by atoms with Crippen LogP contribution in [0.15, 0.2) is 0 Å². The Bertz CT molecular complexity index is 92.8. The van der Waals surface area contributed by atoms with E-state index in [1.165, 1.54) is 0 Å². The van der Waals surface area contributed by atoms with E-state index in [-0.39, 0.29) is 0 Å². The van der Waals surface area contributed by atoms with Gasteiger partial charge in [0.05, 0.1) is 0 Å². The van der Waals surface area contributed by atoms with Crippen molar-refractivity contribution in [1.29, 1.82) is 0 Å². The van der Waals surface area contributed by atoms with Gasteiger partial charge < -0.3 is 5.14 Å². The van der Waals surface area contributed by atoms with Crippen LogP contribution in [0.4, 0.5) is 0 Å². The molecule has 1 N–H and O–H groups in total. The maximum absolute atomic E-state index is 9.06. The van der Waals surface area contributed by atoms with Crippen molar-refractivity contribution in [3.05, 3.63) is 5.14 Å². The Morgan fingerprint density at radius 1 is 1.60 bits per heavy atom. The van der Waals surface area contributed by atoms with Crippen LogP contribution in [0.1, 0.15) is 0 Å². The zero-order chi connectivity index (χ0) is 4.50. The molecule has 3 nitrogen and oxygen atoms in total. The van der Waals surface area contributed by atoms with Gasteiger partial charge in [0.2, 0.25) is 0 Å². The largest absolute Gasteiger partial charge is 0.550 e. The standard InChI is InChI=1S/ClHNO2S/c1-5(2,3)4/h(H-,2,3,4)/q-1. The topological polar surface area (TPSA) is 57.9 Å². The van der Waals surface area contributed by atoms with Crippen LogP contribution in [0.25, 0.3) is 5.14 Å². The SMILES string of the molecule is [NH-]S(=O)(=O)Cl. The molecule has 0 fully saturated rings. The van der Waals surface area contributed by atoms with Gasteiger partial charge in [0.25, 0.3) is 0 Å². The fourth-order valence-electron chi connectivity index (χ4n) is 0. The summed E-state index contributed by atoms with van der Waals surface area (Å²) in [5.74, 6) is 0. The van der Waals surface area contributed by atoms with Crippen LogP contribution in [0.2, 0.25) is 0 Å². The number of halogens is 1. The molecule has 0 aliphatic rings. The summed E-state index contributed by atoms with van der Waals surface area (Å²) in [6.07, 6.45) is 0. The Hall–Kier alpha value is 0.200. The van der Waals surface area contributed by atoms with Crippen LogP contribution in [0.5, 0.6) is 0 Å². The molecule has 0 saturated carbocycles. The second kappa shape index (κ2) is 1.12. The normalized spacial score (nSPS) is 11.6. The molecule has 0 aliphatic carbocycles. The van der Waals surface area contributed by atoms with Crippen molar-refractivity contribution in [2.24, 2.45) is 0 Å². The summed E-state index contributed by atoms with van der Waals surface area (Å²) >= 11 is 0. The summed E-state index contributed by atoms with van der Waals surface area (Å²) in [5, 5.41) is 5.68. The maximum Gasteiger partial charge on any atom is 0.154 e. The maximum atomic E-state index is 9.06. The fraction of sp³-hybridized carbons (Fsp3) is 0. The third kappa shape index (κ3) is 508. The average molecular weight is 115 g/mol. The molecule has 32 valence electrons. The fourth-order valence-corrected chi connectivity index (χ4v) is 0. The van der Waals surface area contributed by atoms with Crippen molar-refractivity contribution in [3.8, 4) is 0 Å². The first kappa shape index (κ1) is 5.20. The predicted octanol–water partition coefficient (Wildman–Crippen LogP) is 0.522. The van der Waals surface area contributed by atoms with Crippen molar-refractivity contribution in [3.63, 3.8) is 0 Å². The number of hydrogen-bond acceptors (Lipinski definition) is 2. The molecule has 5 heavy (non-hydrogen) atoms. The lowest BCUT2D eigenvalue weighted by Gasteiger charge is -1.82. The number of rotatable bonds is 0. The van der Waals surface area contributed by atoms with Crippen molar-refractivity contribution in [2.75, 3.05) is 0 Å². The zero-order valence-corrected chi connectivity index (χ0v) is 3.68. The molecule has 0 aromatic heterocycles. The van der Waals surface area contributed by atoms with Crippen molar-refractivity contribution in [2.45, 2.75) is 0 Å². The van der Waals surface area contributed by atoms with E-state index in [4.69, 9.17) is 13.6 Å². The van der Waals surface area contributed by atoms with Gasteiger partial charge in [-0.1, -0.05) is 0 Å². The summed E-state index contributed by atoms with van der Waals surface area (Å²) in [4.78, 5) is 0. The Morgan fingerprint density at radius 3 is 1.60 bits per heavy atom. The van der Waals surface area contributed by atoms with Crippen molar-refractivity contribution >= 4 is 19.9 Å². The van der Waals surface area contributed by atoms with Gasteiger partial charge in [-0.2, -0.15) is 0 Å². The second-order valence-corrected chi connectivity index (χ2v) is 2.53. The molecule has 0 aromatic carbocycles. The first-order chi connectivity index (χ1) is 2.00. The van der Waals surface area contributed by atoms with Gasteiger partial charge in [0, 0.05) is 0 Å². The minimum absolute atomic E-state index is 3.94. The second-order valence-electron chi connectivity index (χ2n) is 0.438. The van der Waals surface area contributed by atoms with Gasteiger partial charge in [-0.25, -0.2) is 8.42 Å². The van der Waals surface area contributed by atoms with E-state index in [0.717, 1.165) is 0 Å². The quantitative estimate of drug-likeness (QED) is 0.431. The lowest BCUT2D eigenvalue weighted by Crippen LogP contribution is -1.68. The van der Waals surface area contributed by atoms with Crippen LogP contribution >= 0.6 is 10.7 Å². The van der Waals surface area contributed by atoms with Crippen molar-refractivity contribution in [1.82, 2.24) is 0 Å². The van der Waals surface area contributed by atoms with Gasteiger partial charge in [0.1, 0.15) is 0 Å². The molecule has 0 saturated heterocycles. The summed E-state index contributed by atoms with van der Waals surface area (Å²) in [5.41, 5.74) is 0. The van der Waals surface area contributed by atoms with E-state index in [1.54, 1.807) is 0 Å². The minimum Gasteiger partial charge on any atom is -0.550 e. The highest BCUT2D eigenvalue weighted by molar-refractivity contribution is 8.15. The molecule has 0 radical (unpaired) electrons. The number of nitrogens with one attached hydrogen (secondary N) is 1. The van der Waals surface area contributed by atoms with Crippen LogP contribution in [0.3, 0.4) is 0 Å². The third-order valence-electron chi connectivity index (χ3n) is 0. The summed E-state index contributed by atoms with van der Waals surface area (Å²) in [6, 6.07) is 0. The highest BCUT2D eigenvalue weighted by atomic mass is 35.7. The highest BCUT2D eigenvalue weighted by Crippen LogP contribution is 1.90. The molecular formula is HClNO2S-. The first-order valence-corrected chi connectivity index (χ1v) is 3.00. The van der Waals surface area contributed by atoms with Crippen LogP contribution in [0, 0.1) is 0 Å². The Morgan fingerprint density at radius 2 is 1.60 bits per heavy atom. The van der Waals surface area contributed by atoms with E-state index < -0.39 is 9.24 Å². The van der Waals surface area contributed by atoms with Gasteiger partial charge in [0.15, 0.2) is 9.24 Å². The lowest BCUT2D eigenvalue weighted by molar-refractivity contribution is 0.617. The Kier molecular flexibility index (Phi) is 1.16. The van der Waals surface area contributed by atoms with Gasteiger partial charge >= 0.3 is 0 Å². The first-order valence-electron chi connectivity index (χ1n) is 0.692. The molecule has 0 amide bonds. The van der Waals surface area contributed by atoms with Gasteiger partial charge in [-0.3, -0.25) is 0 Å². The van der Waals surface area contributed by atoms with E-state index in [0.29, 0.717) is 0 Å². The van der Waals surface area contributed by atoms with E-state index in [2.05, 4.69) is 10.7 Å². The number of hydrogen-bond donors (Lipinski definition) is 0. The molecule has 0 spiro atoms. The van der Waals surface area contributed by atoms with Crippen LogP contribution < -0.4 is 0 Å². The van der Waals surface area contributed by atoms with E-state index in [9.17, 15) is 0 Å². The Balaban J connectivity index is 4.06. The molecule has 5 heteroatoms. The van der Waals surface area contributed by atoms with Crippen molar-refractivity contribution < 1.29 is 8.42 Å². The lowest BCUT2D eigenvalue weighted by atomic mass is 14.0. The average Bonchev–Trinajstić information content (AvgIpc) is 0.722. The monoisotopic (exact) mass is 114 g/mol. The molecule has 0 unspecified atom stereocenters. The minimum atomic E-state index is -3.94. The van der Waals surface area contributed by atoms with E-state index in [1.807, 2.05) is 0 Å². The summed E-state index contributed by atoms with van der Waals surface area (Å²) < 4.78 is 18.1. The molecule has 0 bridgehead atoms. The molecule has 0 rings (SSSR count). The zero-order valence-electron chi connectivity index (χ0n) is 2.10. The third-order valence-corrected chi connectivity index (χ3v) is 0. The smallest absolute Gasteiger partial charge is 0.154 e. The van der Waals surface area contributed by atoms with Crippen LogP contribution in [-0.4, -0.2) is 8.42 Å². The predicted molar refractivity (Wildman–Crippen MR) is 19.1 cm³/mol. The molecule has 0 heterocycles. The molecular weight excluding hydrogens is 114 g/mol. The molecule has 0 aromatic rings. The van der Waals surface area contributed by atoms with E-state index >= 15 is 0 Å². The molecule has 0 aliphatic heterocycles. The Labute approximate surface area is 34.3 Å².